The molecule has 0 unspecified atom stereocenters. The van der Waals surface area contributed by atoms with Gasteiger partial charge in [0.2, 0.25) is 5.91 Å². The Hall–Kier alpha value is -3.46. The molecule has 0 saturated carbocycles. The Morgan fingerprint density at radius 3 is 2.41 bits per heavy atom. The van der Waals surface area contributed by atoms with Crippen LogP contribution < -0.4 is 5.32 Å². The van der Waals surface area contributed by atoms with Crippen molar-refractivity contribution in [3.8, 4) is 6.07 Å². The number of Topliss-reactive ketones (excluding diaryl/α,β-unsaturated/α-hetero) is 1. The van der Waals surface area contributed by atoms with Crippen molar-refractivity contribution in [2.24, 2.45) is 5.92 Å². The SMILES string of the molecule is CC(C)CC(=O)Nc1ccc(C(=O)COC(=O)c2cccc(C#N)c2)cc1. The molecule has 2 aromatic rings. The standard InChI is InChI=1S/C21H20N2O4/c1-14(2)10-20(25)23-18-8-6-16(7-9-18)19(24)13-27-21(26)17-5-3-4-15(11-17)12-22/h3-9,11,14H,10,13H2,1-2H3,(H,23,25). The number of hydrogen-bond acceptors (Lipinski definition) is 5. The molecule has 0 aliphatic rings. The number of esters is 1. The van der Waals surface area contributed by atoms with E-state index in [4.69, 9.17) is 10.00 Å². The lowest BCUT2D eigenvalue weighted by atomic mass is 10.1. The van der Waals surface area contributed by atoms with Gasteiger partial charge >= 0.3 is 5.97 Å². The van der Waals surface area contributed by atoms with E-state index in [1.165, 1.54) is 12.1 Å². The fraction of sp³-hybridized carbons (Fsp3) is 0.238. The molecule has 0 saturated heterocycles. The van der Waals surface area contributed by atoms with Gasteiger partial charge < -0.3 is 10.1 Å². The number of amides is 1. The van der Waals surface area contributed by atoms with Crippen LogP contribution >= 0.6 is 0 Å². The van der Waals surface area contributed by atoms with Crippen LogP contribution in [0.15, 0.2) is 48.5 Å². The fourth-order valence-corrected chi connectivity index (χ4v) is 2.34. The zero-order valence-electron chi connectivity index (χ0n) is 15.2. The Labute approximate surface area is 157 Å². The highest BCUT2D eigenvalue weighted by Crippen LogP contribution is 2.12. The highest BCUT2D eigenvalue weighted by molar-refractivity contribution is 6.00. The molecule has 0 fully saturated rings. The van der Waals surface area contributed by atoms with Gasteiger partial charge in [-0.3, -0.25) is 9.59 Å². The van der Waals surface area contributed by atoms with Gasteiger partial charge in [0.15, 0.2) is 12.4 Å². The van der Waals surface area contributed by atoms with Crippen LogP contribution in [0.4, 0.5) is 5.69 Å². The summed E-state index contributed by atoms with van der Waals surface area (Å²) in [5.74, 6) is -0.857. The lowest BCUT2D eigenvalue weighted by Gasteiger charge is -2.08. The van der Waals surface area contributed by atoms with Crippen molar-refractivity contribution in [2.45, 2.75) is 20.3 Å². The second-order valence-electron chi connectivity index (χ2n) is 6.42. The first-order chi connectivity index (χ1) is 12.9. The lowest BCUT2D eigenvalue weighted by Crippen LogP contribution is -2.15. The van der Waals surface area contributed by atoms with Gasteiger partial charge in [-0.25, -0.2) is 4.79 Å². The number of ether oxygens (including phenoxy) is 1. The zero-order valence-corrected chi connectivity index (χ0v) is 15.2. The monoisotopic (exact) mass is 364 g/mol. The third-order valence-corrected chi connectivity index (χ3v) is 3.65. The second-order valence-corrected chi connectivity index (χ2v) is 6.42. The van der Waals surface area contributed by atoms with Gasteiger partial charge in [-0.2, -0.15) is 5.26 Å². The van der Waals surface area contributed by atoms with E-state index in [0.717, 1.165) is 0 Å². The largest absolute Gasteiger partial charge is 0.454 e. The number of carbonyl (C=O) groups is 3. The Kier molecular flexibility index (Phi) is 6.84. The minimum Gasteiger partial charge on any atom is -0.454 e. The molecule has 0 aliphatic heterocycles. The molecule has 6 heteroatoms. The van der Waals surface area contributed by atoms with Gasteiger partial charge in [0.05, 0.1) is 17.2 Å². The maximum atomic E-state index is 12.2. The van der Waals surface area contributed by atoms with E-state index in [0.29, 0.717) is 23.2 Å². The molecule has 0 spiro atoms. The van der Waals surface area contributed by atoms with E-state index in [2.05, 4.69) is 5.32 Å². The van der Waals surface area contributed by atoms with Crippen molar-refractivity contribution in [2.75, 3.05) is 11.9 Å². The highest BCUT2D eigenvalue weighted by atomic mass is 16.5. The van der Waals surface area contributed by atoms with Crippen LogP contribution in [0, 0.1) is 17.2 Å². The van der Waals surface area contributed by atoms with E-state index < -0.39 is 12.6 Å². The summed E-state index contributed by atoms with van der Waals surface area (Å²) in [5, 5.41) is 11.6. The van der Waals surface area contributed by atoms with Crippen LogP contribution in [0.2, 0.25) is 0 Å². The predicted octanol–water partition coefficient (Wildman–Crippen LogP) is 3.58. The maximum Gasteiger partial charge on any atom is 0.338 e. The number of nitrogens with one attached hydrogen (secondary N) is 1. The van der Waals surface area contributed by atoms with Gasteiger partial charge in [0.1, 0.15) is 0 Å². The van der Waals surface area contributed by atoms with E-state index in [1.807, 2.05) is 19.9 Å². The molecule has 0 radical (unpaired) electrons. The van der Waals surface area contributed by atoms with Crippen LogP contribution in [0.25, 0.3) is 0 Å². The van der Waals surface area contributed by atoms with Crippen LogP contribution in [0.3, 0.4) is 0 Å². The molecule has 0 atom stereocenters. The van der Waals surface area contributed by atoms with E-state index >= 15 is 0 Å². The van der Waals surface area contributed by atoms with Crippen molar-refractivity contribution < 1.29 is 19.1 Å². The zero-order chi connectivity index (χ0) is 19.8. The molecule has 0 aromatic heterocycles. The Morgan fingerprint density at radius 1 is 1.07 bits per heavy atom. The number of nitrogens with zero attached hydrogens (tertiary/aromatic N) is 1. The minimum absolute atomic E-state index is 0.0855. The Bertz CT molecular complexity index is 880. The summed E-state index contributed by atoms with van der Waals surface area (Å²) in [4.78, 5) is 35.9. The summed E-state index contributed by atoms with van der Waals surface area (Å²) in [6.07, 6.45) is 0.420. The predicted molar refractivity (Wildman–Crippen MR) is 100 cm³/mol. The van der Waals surface area contributed by atoms with Gasteiger partial charge in [0.25, 0.3) is 0 Å². The summed E-state index contributed by atoms with van der Waals surface area (Å²) in [6.45, 7) is 3.51. The minimum atomic E-state index is -0.669. The topological polar surface area (TPSA) is 96.3 Å². The Balaban J connectivity index is 1.91. The summed E-state index contributed by atoms with van der Waals surface area (Å²) in [6, 6.07) is 14.4. The van der Waals surface area contributed by atoms with Gasteiger partial charge in [-0.05, 0) is 48.4 Å². The molecule has 1 N–H and O–H groups in total. The summed E-state index contributed by atoms with van der Waals surface area (Å²) >= 11 is 0. The molecule has 27 heavy (non-hydrogen) atoms. The molecule has 2 aromatic carbocycles. The number of nitriles is 1. The first kappa shape index (κ1) is 19.9. The first-order valence-corrected chi connectivity index (χ1v) is 8.49. The molecule has 6 nitrogen and oxygen atoms in total. The average Bonchev–Trinajstić information content (AvgIpc) is 2.65. The van der Waals surface area contributed by atoms with Gasteiger partial charge in [0, 0.05) is 17.7 Å². The summed E-state index contributed by atoms with van der Waals surface area (Å²) in [5.41, 5.74) is 1.52. The van der Waals surface area contributed by atoms with Crippen molar-refractivity contribution in [3.63, 3.8) is 0 Å². The van der Waals surface area contributed by atoms with Crippen LogP contribution in [-0.2, 0) is 9.53 Å². The Morgan fingerprint density at radius 2 is 1.78 bits per heavy atom. The smallest absolute Gasteiger partial charge is 0.338 e. The molecule has 0 heterocycles. The summed E-state index contributed by atoms with van der Waals surface area (Å²) < 4.78 is 5.01. The average molecular weight is 364 g/mol. The molecule has 1 amide bonds. The van der Waals surface area contributed by atoms with Crippen LogP contribution in [0.1, 0.15) is 46.5 Å². The van der Waals surface area contributed by atoms with Crippen molar-refractivity contribution >= 4 is 23.3 Å². The fourth-order valence-electron chi connectivity index (χ4n) is 2.34. The van der Waals surface area contributed by atoms with E-state index in [1.54, 1.807) is 36.4 Å². The number of hydrogen-bond donors (Lipinski definition) is 1. The van der Waals surface area contributed by atoms with Crippen LogP contribution in [0.5, 0.6) is 0 Å². The van der Waals surface area contributed by atoms with Gasteiger partial charge in [-0.1, -0.05) is 19.9 Å². The van der Waals surface area contributed by atoms with Crippen molar-refractivity contribution in [1.29, 1.82) is 5.26 Å². The first-order valence-electron chi connectivity index (χ1n) is 8.49. The number of benzene rings is 2. The molecule has 2 rings (SSSR count). The third-order valence-electron chi connectivity index (χ3n) is 3.65. The number of rotatable bonds is 7. The van der Waals surface area contributed by atoms with Crippen molar-refractivity contribution in [1.82, 2.24) is 0 Å². The second kappa shape index (κ2) is 9.30. The lowest BCUT2D eigenvalue weighted by molar-refractivity contribution is -0.116. The van der Waals surface area contributed by atoms with Gasteiger partial charge in [-0.15, -0.1) is 0 Å². The molecule has 138 valence electrons. The van der Waals surface area contributed by atoms with E-state index in [9.17, 15) is 14.4 Å². The number of anilines is 1. The molecule has 0 aliphatic carbocycles. The maximum absolute atomic E-state index is 12.2. The molecular weight excluding hydrogens is 344 g/mol. The molecule has 0 bridgehead atoms. The van der Waals surface area contributed by atoms with Crippen molar-refractivity contribution in [3.05, 3.63) is 65.2 Å². The summed E-state index contributed by atoms with van der Waals surface area (Å²) in [7, 11) is 0. The van der Waals surface area contributed by atoms with E-state index in [-0.39, 0.29) is 23.2 Å². The van der Waals surface area contributed by atoms with Crippen LogP contribution in [-0.4, -0.2) is 24.3 Å². The highest BCUT2D eigenvalue weighted by Gasteiger charge is 2.13. The number of ketones is 1. The quantitative estimate of drug-likeness (QED) is 0.598. The molecular formula is C21H20N2O4. The number of carbonyl (C=O) groups excluding carboxylic acids is 3. The third kappa shape index (κ3) is 6.08. The normalized spacial score (nSPS) is 10.1.